The second kappa shape index (κ2) is 6.86. The van der Waals surface area contributed by atoms with Crippen molar-refractivity contribution in [3.05, 3.63) is 0 Å². The van der Waals surface area contributed by atoms with Gasteiger partial charge in [0.2, 0.25) is 0 Å². The zero-order chi connectivity index (χ0) is 10.4. The first-order valence-corrected chi connectivity index (χ1v) is 6.58. The molecule has 0 amide bonds. The van der Waals surface area contributed by atoms with Gasteiger partial charge in [-0.3, -0.25) is 0 Å². The number of rotatable bonds is 6. The van der Waals surface area contributed by atoms with Crippen LogP contribution in [0.3, 0.4) is 0 Å². The molecule has 0 N–H and O–H groups in total. The summed E-state index contributed by atoms with van der Waals surface area (Å²) in [6.45, 7) is 11.6. The maximum Gasteiger partial charge on any atom is 0.0148 e. The minimum atomic E-state index is 0.660. The van der Waals surface area contributed by atoms with Crippen molar-refractivity contribution in [1.82, 2.24) is 0 Å². The summed E-state index contributed by atoms with van der Waals surface area (Å²) in [4.78, 5) is 0.660. The van der Waals surface area contributed by atoms with Gasteiger partial charge in [0.25, 0.3) is 0 Å². The second-order valence-electron chi connectivity index (χ2n) is 4.50. The molecule has 0 radical (unpaired) electrons. The zero-order valence-electron chi connectivity index (χ0n) is 9.81. The third-order valence-corrected chi connectivity index (χ3v) is 3.89. The van der Waals surface area contributed by atoms with E-state index >= 15 is 0 Å². The van der Waals surface area contributed by atoms with Crippen LogP contribution in [0, 0.1) is 17.8 Å². The van der Waals surface area contributed by atoms with Crippen LogP contribution in [0.15, 0.2) is 0 Å². The van der Waals surface area contributed by atoms with E-state index in [1.165, 1.54) is 19.3 Å². The number of alkyl halides is 1. The number of halogens is 1. The average Bonchev–Trinajstić information content (AvgIpc) is 2.05. The lowest BCUT2D eigenvalue weighted by atomic mass is 9.82. The standard InChI is InChI=1S/C12H25Br/c1-6-11(7-2)8-12(9(3)4)10(5)13/h9-12H,6-8H2,1-5H3. The first-order chi connectivity index (χ1) is 6.02. The van der Waals surface area contributed by atoms with E-state index in [-0.39, 0.29) is 0 Å². The zero-order valence-corrected chi connectivity index (χ0v) is 11.4. The van der Waals surface area contributed by atoms with Gasteiger partial charge in [0.05, 0.1) is 0 Å². The topological polar surface area (TPSA) is 0 Å². The van der Waals surface area contributed by atoms with E-state index in [4.69, 9.17) is 0 Å². The van der Waals surface area contributed by atoms with Crippen LogP contribution in [-0.4, -0.2) is 4.83 Å². The molecule has 0 nitrogen and oxygen atoms in total. The Kier molecular flexibility index (Phi) is 7.12. The smallest absolute Gasteiger partial charge is 0.0148 e. The fourth-order valence-electron chi connectivity index (χ4n) is 2.00. The predicted octanol–water partition coefficient (Wildman–Crippen LogP) is 4.87. The molecule has 0 saturated carbocycles. The van der Waals surface area contributed by atoms with E-state index in [1.807, 2.05) is 0 Å². The Hall–Kier alpha value is 0.480. The molecule has 1 heteroatoms. The Bertz CT molecular complexity index is 106. The SMILES string of the molecule is CCC(CC)CC(C(C)C)C(C)Br. The molecule has 0 aromatic carbocycles. The molecule has 13 heavy (non-hydrogen) atoms. The van der Waals surface area contributed by atoms with Gasteiger partial charge in [-0.25, -0.2) is 0 Å². The minimum absolute atomic E-state index is 0.660. The summed E-state index contributed by atoms with van der Waals surface area (Å²) in [5.74, 6) is 2.56. The first-order valence-electron chi connectivity index (χ1n) is 5.66. The Morgan fingerprint density at radius 1 is 1.00 bits per heavy atom. The summed E-state index contributed by atoms with van der Waals surface area (Å²) in [6.07, 6.45) is 4.05. The van der Waals surface area contributed by atoms with E-state index in [9.17, 15) is 0 Å². The Morgan fingerprint density at radius 2 is 1.46 bits per heavy atom. The van der Waals surface area contributed by atoms with Crippen LogP contribution in [0.4, 0.5) is 0 Å². The highest BCUT2D eigenvalue weighted by molar-refractivity contribution is 9.09. The lowest BCUT2D eigenvalue weighted by Gasteiger charge is -2.27. The van der Waals surface area contributed by atoms with Gasteiger partial charge in [0.15, 0.2) is 0 Å². The average molecular weight is 249 g/mol. The normalized spacial score (nSPS) is 16.6. The third kappa shape index (κ3) is 5.05. The Morgan fingerprint density at radius 3 is 1.69 bits per heavy atom. The maximum absolute atomic E-state index is 3.73. The van der Waals surface area contributed by atoms with E-state index in [0.717, 1.165) is 17.8 Å². The molecule has 0 heterocycles. The summed E-state index contributed by atoms with van der Waals surface area (Å²) >= 11 is 3.73. The maximum atomic E-state index is 3.73. The van der Waals surface area contributed by atoms with E-state index in [1.54, 1.807) is 0 Å². The summed E-state index contributed by atoms with van der Waals surface area (Å²) in [7, 11) is 0. The molecule has 0 fully saturated rings. The van der Waals surface area contributed by atoms with Crippen LogP contribution in [0.25, 0.3) is 0 Å². The van der Waals surface area contributed by atoms with Crippen molar-refractivity contribution in [3.63, 3.8) is 0 Å². The molecular weight excluding hydrogens is 224 g/mol. The Labute approximate surface area is 92.6 Å². The number of hydrogen-bond donors (Lipinski definition) is 0. The van der Waals surface area contributed by atoms with Gasteiger partial charge in [0, 0.05) is 4.83 Å². The summed E-state index contributed by atoms with van der Waals surface area (Å²) in [5.41, 5.74) is 0. The van der Waals surface area contributed by atoms with E-state index < -0.39 is 0 Å². The lowest BCUT2D eigenvalue weighted by Crippen LogP contribution is -2.21. The van der Waals surface area contributed by atoms with Crippen molar-refractivity contribution >= 4 is 15.9 Å². The van der Waals surface area contributed by atoms with Crippen molar-refractivity contribution < 1.29 is 0 Å². The monoisotopic (exact) mass is 248 g/mol. The fourth-order valence-corrected chi connectivity index (χ4v) is 2.82. The second-order valence-corrected chi connectivity index (χ2v) is 5.95. The van der Waals surface area contributed by atoms with Crippen molar-refractivity contribution in [2.24, 2.45) is 17.8 Å². The predicted molar refractivity (Wildman–Crippen MR) is 65.4 cm³/mol. The van der Waals surface area contributed by atoms with Gasteiger partial charge in [-0.15, -0.1) is 0 Å². The molecule has 0 rings (SSSR count). The van der Waals surface area contributed by atoms with Crippen molar-refractivity contribution in [1.29, 1.82) is 0 Å². The van der Waals surface area contributed by atoms with Crippen LogP contribution in [0.2, 0.25) is 0 Å². The highest BCUT2D eigenvalue weighted by Crippen LogP contribution is 2.30. The highest BCUT2D eigenvalue weighted by Gasteiger charge is 2.21. The van der Waals surface area contributed by atoms with Gasteiger partial charge in [-0.1, -0.05) is 63.4 Å². The molecule has 0 saturated heterocycles. The van der Waals surface area contributed by atoms with E-state index in [2.05, 4.69) is 50.5 Å². The molecular formula is C12H25Br. The van der Waals surface area contributed by atoms with Crippen LogP contribution in [0.1, 0.15) is 53.9 Å². The van der Waals surface area contributed by atoms with Gasteiger partial charge < -0.3 is 0 Å². The molecule has 2 unspecified atom stereocenters. The Balaban J connectivity index is 4.08. The van der Waals surface area contributed by atoms with Crippen LogP contribution in [-0.2, 0) is 0 Å². The summed E-state index contributed by atoms with van der Waals surface area (Å²) in [6, 6.07) is 0. The van der Waals surface area contributed by atoms with Gasteiger partial charge in [-0.05, 0) is 24.2 Å². The largest absolute Gasteiger partial charge is 0.0891 e. The molecule has 2 atom stereocenters. The molecule has 0 aliphatic carbocycles. The fraction of sp³-hybridized carbons (Fsp3) is 1.00. The molecule has 0 aliphatic rings. The van der Waals surface area contributed by atoms with Crippen LogP contribution < -0.4 is 0 Å². The van der Waals surface area contributed by atoms with Crippen LogP contribution in [0.5, 0.6) is 0 Å². The molecule has 0 bridgehead atoms. The van der Waals surface area contributed by atoms with Crippen molar-refractivity contribution in [2.75, 3.05) is 0 Å². The van der Waals surface area contributed by atoms with E-state index in [0.29, 0.717) is 4.83 Å². The summed E-state index contributed by atoms with van der Waals surface area (Å²) < 4.78 is 0. The van der Waals surface area contributed by atoms with Crippen molar-refractivity contribution in [3.8, 4) is 0 Å². The summed E-state index contributed by atoms with van der Waals surface area (Å²) in [5, 5.41) is 0. The minimum Gasteiger partial charge on any atom is -0.0891 e. The third-order valence-electron chi connectivity index (χ3n) is 3.21. The van der Waals surface area contributed by atoms with Crippen molar-refractivity contribution in [2.45, 2.75) is 58.7 Å². The quantitative estimate of drug-likeness (QED) is 0.589. The molecule has 0 aromatic rings. The molecule has 0 aromatic heterocycles. The molecule has 80 valence electrons. The van der Waals surface area contributed by atoms with Gasteiger partial charge >= 0.3 is 0 Å². The number of hydrogen-bond acceptors (Lipinski definition) is 0. The van der Waals surface area contributed by atoms with Gasteiger partial charge in [-0.2, -0.15) is 0 Å². The van der Waals surface area contributed by atoms with Gasteiger partial charge in [0.1, 0.15) is 0 Å². The lowest BCUT2D eigenvalue weighted by molar-refractivity contribution is 0.287. The first kappa shape index (κ1) is 13.5. The highest BCUT2D eigenvalue weighted by atomic mass is 79.9. The van der Waals surface area contributed by atoms with Crippen LogP contribution >= 0.6 is 15.9 Å². The molecule has 0 spiro atoms. The molecule has 0 aliphatic heterocycles.